The van der Waals surface area contributed by atoms with Crippen molar-refractivity contribution in [3.05, 3.63) is 53.6 Å². The van der Waals surface area contributed by atoms with Crippen LogP contribution in [0.5, 0.6) is 11.5 Å². The Morgan fingerprint density at radius 3 is 2.00 bits per heavy atom. The van der Waals surface area contributed by atoms with Crippen LogP contribution in [-0.4, -0.2) is 41.9 Å². The molecule has 0 saturated heterocycles. The maximum absolute atomic E-state index is 12.6. The van der Waals surface area contributed by atoms with Gasteiger partial charge >= 0.3 is 0 Å². The predicted octanol–water partition coefficient (Wildman–Crippen LogP) is 1.23. The number of hydrogen-bond acceptors (Lipinski definition) is 7. The quantitative estimate of drug-likeness (QED) is 0.538. The number of rotatable bonds is 2. The van der Waals surface area contributed by atoms with Crippen LogP contribution in [-0.2, 0) is 6.54 Å². The highest BCUT2D eigenvalue weighted by molar-refractivity contribution is 6.26. The number of carbonyl (C=O) groups is 2. The van der Waals surface area contributed by atoms with Gasteiger partial charge in [-0.25, -0.2) is 9.97 Å². The maximum Gasteiger partial charge on any atom is 0.265 e. The van der Waals surface area contributed by atoms with Gasteiger partial charge in [-0.15, -0.1) is 0 Å². The van der Waals surface area contributed by atoms with E-state index >= 15 is 0 Å². The summed E-state index contributed by atoms with van der Waals surface area (Å²) in [5.74, 6) is -2.31. The third-order valence-electron chi connectivity index (χ3n) is 3.85. The highest BCUT2D eigenvalue weighted by Crippen LogP contribution is 2.42. The third kappa shape index (κ3) is 1.83. The van der Waals surface area contributed by atoms with Gasteiger partial charge in [0.15, 0.2) is 11.5 Å². The molecule has 0 fully saturated rings. The lowest BCUT2D eigenvalue weighted by Gasteiger charge is -2.13. The van der Waals surface area contributed by atoms with E-state index in [2.05, 4.69) is 15.0 Å². The molecule has 2 N–H and O–H groups in total. The van der Waals surface area contributed by atoms with Crippen molar-refractivity contribution in [1.82, 2.24) is 19.9 Å². The summed E-state index contributed by atoms with van der Waals surface area (Å²) < 4.78 is 0. The van der Waals surface area contributed by atoms with Crippen molar-refractivity contribution in [2.24, 2.45) is 0 Å². The fraction of sp³-hybridized carbons (Fsp3) is 0.0625. The molecule has 118 valence electrons. The molecule has 24 heavy (non-hydrogen) atoms. The van der Waals surface area contributed by atoms with E-state index in [0.717, 1.165) is 4.90 Å². The Bertz CT molecular complexity index is 943. The second-order valence-corrected chi connectivity index (χ2v) is 5.26. The van der Waals surface area contributed by atoms with Gasteiger partial charge in [0.25, 0.3) is 11.8 Å². The number of aromatic nitrogens is 3. The number of carbonyl (C=O) groups excluding carboxylic acids is 2. The minimum atomic E-state index is -0.695. The average Bonchev–Trinajstić information content (AvgIpc) is 2.86. The van der Waals surface area contributed by atoms with Crippen LogP contribution in [0.4, 0.5) is 0 Å². The molecule has 0 saturated carbocycles. The van der Waals surface area contributed by atoms with E-state index in [9.17, 15) is 19.8 Å². The number of phenolic OH excluding ortho intramolecular Hbond substituents is 2. The SMILES string of the molecule is O=C1c2c(c(O)c3nccnc3c2O)C(=O)N1Cc1cccnc1. The highest BCUT2D eigenvalue weighted by atomic mass is 16.3. The predicted molar refractivity (Wildman–Crippen MR) is 81.3 cm³/mol. The molecule has 3 aromatic rings. The zero-order valence-electron chi connectivity index (χ0n) is 12.2. The molecule has 1 aromatic carbocycles. The molecular formula is C16H10N4O4. The summed E-state index contributed by atoms with van der Waals surface area (Å²) in [4.78, 5) is 37.9. The number of hydrogen-bond donors (Lipinski definition) is 2. The van der Waals surface area contributed by atoms with E-state index < -0.39 is 23.3 Å². The molecule has 2 aromatic heterocycles. The zero-order chi connectivity index (χ0) is 16.8. The van der Waals surface area contributed by atoms with E-state index in [0.29, 0.717) is 5.56 Å². The minimum Gasteiger partial charge on any atom is -0.505 e. The van der Waals surface area contributed by atoms with Gasteiger partial charge in [0.1, 0.15) is 22.2 Å². The molecule has 0 bridgehead atoms. The first-order valence-corrected chi connectivity index (χ1v) is 7.03. The lowest BCUT2D eigenvalue weighted by atomic mass is 10.1. The largest absolute Gasteiger partial charge is 0.505 e. The number of aromatic hydroxyl groups is 2. The zero-order valence-corrected chi connectivity index (χ0v) is 12.2. The molecule has 8 nitrogen and oxygen atoms in total. The number of benzene rings is 1. The molecule has 4 rings (SSSR count). The van der Waals surface area contributed by atoms with Crippen molar-refractivity contribution >= 4 is 22.8 Å². The second kappa shape index (κ2) is 4.98. The van der Waals surface area contributed by atoms with E-state index in [1.165, 1.54) is 18.6 Å². The van der Waals surface area contributed by atoms with Crippen molar-refractivity contribution < 1.29 is 19.8 Å². The van der Waals surface area contributed by atoms with Gasteiger partial charge in [0.05, 0.1) is 6.54 Å². The first-order valence-electron chi connectivity index (χ1n) is 7.03. The first-order chi connectivity index (χ1) is 11.6. The highest BCUT2D eigenvalue weighted by Gasteiger charge is 2.42. The van der Waals surface area contributed by atoms with Crippen LogP contribution >= 0.6 is 0 Å². The Kier molecular flexibility index (Phi) is 2.92. The molecule has 3 heterocycles. The standard InChI is InChI=1S/C16H10N4O4/c21-13-9-10(14(22)12-11(13)18-4-5-19-12)16(24)20(15(9)23)7-8-2-1-3-17-6-8/h1-6,21-22H,7H2. The van der Waals surface area contributed by atoms with Gasteiger partial charge in [-0.3, -0.25) is 19.5 Å². The van der Waals surface area contributed by atoms with E-state index in [1.807, 2.05) is 0 Å². The Balaban J connectivity index is 1.88. The molecule has 1 aliphatic heterocycles. The van der Waals surface area contributed by atoms with Gasteiger partial charge in [0, 0.05) is 24.8 Å². The molecule has 0 unspecified atom stereocenters. The van der Waals surface area contributed by atoms with E-state index in [-0.39, 0.29) is 28.7 Å². The monoisotopic (exact) mass is 322 g/mol. The Morgan fingerprint density at radius 2 is 1.50 bits per heavy atom. The van der Waals surface area contributed by atoms with Gasteiger partial charge < -0.3 is 10.2 Å². The number of amides is 2. The topological polar surface area (TPSA) is 117 Å². The van der Waals surface area contributed by atoms with Crippen molar-refractivity contribution in [3.63, 3.8) is 0 Å². The van der Waals surface area contributed by atoms with E-state index in [4.69, 9.17) is 0 Å². The third-order valence-corrected chi connectivity index (χ3v) is 3.85. The van der Waals surface area contributed by atoms with Crippen LogP contribution in [0.15, 0.2) is 36.9 Å². The molecular weight excluding hydrogens is 312 g/mol. The van der Waals surface area contributed by atoms with Crippen LogP contribution in [0, 0.1) is 0 Å². The Hall–Kier alpha value is -3.55. The van der Waals surface area contributed by atoms with Crippen LogP contribution in [0.1, 0.15) is 26.3 Å². The smallest absolute Gasteiger partial charge is 0.265 e. The van der Waals surface area contributed by atoms with Gasteiger partial charge in [-0.1, -0.05) is 6.07 Å². The summed E-state index contributed by atoms with van der Waals surface area (Å²) in [5, 5.41) is 20.7. The van der Waals surface area contributed by atoms with Crippen LogP contribution in [0.25, 0.3) is 11.0 Å². The normalized spacial score (nSPS) is 13.6. The molecule has 0 spiro atoms. The fourth-order valence-electron chi connectivity index (χ4n) is 2.75. The molecule has 0 aliphatic carbocycles. The molecule has 0 radical (unpaired) electrons. The lowest BCUT2D eigenvalue weighted by molar-refractivity contribution is 0.0641. The number of imide groups is 1. The molecule has 8 heteroatoms. The van der Waals surface area contributed by atoms with E-state index in [1.54, 1.807) is 18.3 Å². The summed E-state index contributed by atoms with van der Waals surface area (Å²) >= 11 is 0. The van der Waals surface area contributed by atoms with Crippen LogP contribution < -0.4 is 0 Å². The van der Waals surface area contributed by atoms with Gasteiger partial charge in [-0.05, 0) is 11.6 Å². The maximum atomic E-state index is 12.6. The number of fused-ring (bicyclic) bond motifs is 2. The first kappa shape index (κ1) is 14.1. The van der Waals surface area contributed by atoms with Gasteiger partial charge in [-0.2, -0.15) is 0 Å². The second-order valence-electron chi connectivity index (χ2n) is 5.26. The van der Waals surface area contributed by atoms with Crippen molar-refractivity contribution in [3.8, 4) is 11.5 Å². The molecule has 0 atom stereocenters. The summed E-state index contributed by atoms with van der Waals surface area (Å²) in [7, 11) is 0. The number of nitrogens with zero attached hydrogens (tertiary/aromatic N) is 4. The fourth-order valence-corrected chi connectivity index (χ4v) is 2.75. The number of pyridine rings is 1. The van der Waals surface area contributed by atoms with Crippen molar-refractivity contribution in [1.29, 1.82) is 0 Å². The average molecular weight is 322 g/mol. The molecule has 2 amide bonds. The summed E-state index contributed by atoms with van der Waals surface area (Å²) in [5.41, 5.74) is 0.0758. The summed E-state index contributed by atoms with van der Waals surface area (Å²) in [6, 6.07) is 3.40. The van der Waals surface area contributed by atoms with Crippen LogP contribution in [0.2, 0.25) is 0 Å². The Morgan fingerprint density at radius 1 is 0.917 bits per heavy atom. The summed E-state index contributed by atoms with van der Waals surface area (Å²) in [6.45, 7) is -0.0176. The lowest BCUT2D eigenvalue weighted by Crippen LogP contribution is -2.29. The molecule has 1 aliphatic rings. The van der Waals surface area contributed by atoms with Crippen LogP contribution in [0.3, 0.4) is 0 Å². The number of phenols is 2. The van der Waals surface area contributed by atoms with Gasteiger partial charge in [0.2, 0.25) is 0 Å². The Labute approximate surface area is 135 Å². The van der Waals surface area contributed by atoms with Crippen molar-refractivity contribution in [2.75, 3.05) is 0 Å². The minimum absolute atomic E-state index is 0.0176. The van der Waals surface area contributed by atoms with Crippen molar-refractivity contribution in [2.45, 2.75) is 6.54 Å². The summed E-state index contributed by atoms with van der Waals surface area (Å²) in [6.07, 6.45) is 5.75.